The van der Waals surface area contributed by atoms with E-state index in [2.05, 4.69) is 35.3 Å². The predicted molar refractivity (Wildman–Crippen MR) is 91.7 cm³/mol. The Morgan fingerprint density at radius 3 is 2.68 bits per heavy atom. The molecule has 4 heteroatoms. The van der Waals surface area contributed by atoms with Crippen molar-refractivity contribution in [3.63, 3.8) is 0 Å². The van der Waals surface area contributed by atoms with Crippen molar-refractivity contribution < 1.29 is 9.84 Å². The largest absolute Gasteiger partial charge is 0.495 e. The molecule has 0 heterocycles. The Morgan fingerprint density at radius 2 is 2.05 bits per heavy atom. The van der Waals surface area contributed by atoms with Crippen molar-refractivity contribution in [2.75, 3.05) is 31.7 Å². The minimum atomic E-state index is 0.155. The Labute approximate surface area is 134 Å². The van der Waals surface area contributed by atoms with E-state index < -0.39 is 0 Å². The number of hydrogen-bond donors (Lipinski definition) is 2. The number of aliphatic hydroxyl groups excluding tert-OH is 1. The monoisotopic (exact) mass is 306 g/mol. The summed E-state index contributed by atoms with van der Waals surface area (Å²) in [7, 11) is 1.71. The van der Waals surface area contributed by atoms with Gasteiger partial charge in [-0.15, -0.1) is 0 Å². The van der Waals surface area contributed by atoms with Crippen molar-refractivity contribution >= 4 is 5.69 Å². The molecule has 1 aromatic rings. The van der Waals surface area contributed by atoms with E-state index in [0.29, 0.717) is 12.6 Å². The Balaban J connectivity index is 2.01. The zero-order chi connectivity index (χ0) is 15.8. The van der Waals surface area contributed by atoms with Gasteiger partial charge in [0.1, 0.15) is 5.75 Å². The van der Waals surface area contributed by atoms with Crippen molar-refractivity contribution in [1.29, 1.82) is 0 Å². The van der Waals surface area contributed by atoms with E-state index in [1.54, 1.807) is 7.11 Å². The van der Waals surface area contributed by atoms with Crippen molar-refractivity contribution in [1.82, 2.24) is 5.32 Å². The summed E-state index contributed by atoms with van der Waals surface area (Å²) in [5.74, 6) is 0.887. The summed E-state index contributed by atoms with van der Waals surface area (Å²) in [5.41, 5.74) is 2.31. The Kier molecular flexibility index (Phi) is 7.00. The maximum absolute atomic E-state index is 9.18. The SMILES string of the molecule is CCN(CCO)c1ccc(CNC2CCCCC2)cc1OC. The van der Waals surface area contributed by atoms with E-state index in [9.17, 15) is 5.11 Å². The number of nitrogens with zero attached hydrogens (tertiary/aromatic N) is 1. The lowest BCUT2D eigenvalue weighted by molar-refractivity contribution is 0.302. The quantitative estimate of drug-likeness (QED) is 0.775. The summed E-state index contributed by atoms with van der Waals surface area (Å²) < 4.78 is 5.56. The molecule has 2 N–H and O–H groups in total. The van der Waals surface area contributed by atoms with E-state index in [-0.39, 0.29) is 6.61 Å². The third kappa shape index (κ3) is 4.62. The van der Waals surface area contributed by atoms with Gasteiger partial charge in [0.05, 0.1) is 19.4 Å². The smallest absolute Gasteiger partial charge is 0.142 e. The average Bonchev–Trinajstić information content (AvgIpc) is 2.58. The number of benzene rings is 1. The van der Waals surface area contributed by atoms with Crippen LogP contribution < -0.4 is 15.0 Å². The number of nitrogens with one attached hydrogen (secondary N) is 1. The number of rotatable bonds is 8. The van der Waals surface area contributed by atoms with E-state index in [1.165, 1.54) is 37.7 Å². The molecule has 22 heavy (non-hydrogen) atoms. The van der Waals surface area contributed by atoms with Crippen molar-refractivity contribution in [3.05, 3.63) is 23.8 Å². The van der Waals surface area contributed by atoms with Crippen molar-refractivity contribution in [2.24, 2.45) is 0 Å². The fourth-order valence-corrected chi connectivity index (χ4v) is 3.23. The molecule has 0 bridgehead atoms. The van der Waals surface area contributed by atoms with Crippen LogP contribution >= 0.6 is 0 Å². The van der Waals surface area contributed by atoms with Crippen LogP contribution in [0.1, 0.15) is 44.6 Å². The first-order valence-corrected chi connectivity index (χ1v) is 8.54. The molecule has 0 spiro atoms. The van der Waals surface area contributed by atoms with Crippen LogP contribution in [0.25, 0.3) is 0 Å². The van der Waals surface area contributed by atoms with E-state index in [0.717, 1.165) is 24.5 Å². The molecule has 0 atom stereocenters. The van der Waals surface area contributed by atoms with Gasteiger partial charge < -0.3 is 20.1 Å². The standard InChI is InChI=1S/C18H30N2O2/c1-3-20(11-12-21)17-10-9-15(13-18(17)22-2)14-19-16-7-5-4-6-8-16/h9-10,13,16,19,21H,3-8,11-12,14H2,1-2H3. The molecule has 0 aliphatic heterocycles. The van der Waals surface area contributed by atoms with E-state index in [1.807, 2.05) is 0 Å². The fraction of sp³-hybridized carbons (Fsp3) is 0.667. The molecule has 1 fully saturated rings. The first kappa shape index (κ1) is 17.1. The van der Waals surface area contributed by atoms with Crippen LogP contribution in [0.5, 0.6) is 5.75 Å². The van der Waals surface area contributed by atoms with Gasteiger partial charge in [-0.2, -0.15) is 0 Å². The first-order chi connectivity index (χ1) is 10.8. The van der Waals surface area contributed by atoms with Crippen LogP contribution in [0.2, 0.25) is 0 Å². The number of ether oxygens (including phenoxy) is 1. The highest BCUT2D eigenvalue weighted by Crippen LogP contribution is 2.29. The summed E-state index contributed by atoms with van der Waals surface area (Å²) in [6, 6.07) is 7.05. The van der Waals surface area contributed by atoms with Gasteiger partial charge in [-0.1, -0.05) is 25.3 Å². The average molecular weight is 306 g/mol. The van der Waals surface area contributed by atoms with Gasteiger partial charge in [-0.25, -0.2) is 0 Å². The highest BCUT2D eigenvalue weighted by molar-refractivity contribution is 5.59. The van der Waals surface area contributed by atoms with Gasteiger partial charge in [0.2, 0.25) is 0 Å². The Morgan fingerprint density at radius 1 is 1.27 bits per heavy atom. The molecule has 1 aliphatic carbocycles. The van der Waals surface area contributed by atoms with Crippen molar-refractivity contribution in [2.45, 2.75) is 51.6 Å². The fourth-order valence-electron chi connectivity index (χ4n) is 3.23. The normalized spacial score (nSPS) is 15.8. The summed E-state index contributed by atoms with van der Waals surface area (Å²) >= 11 is 0. The van der Waals surface area contributed by atoms with Crippen LogP contribution in [0.15, 0.2) is 18.2 Å². The molecule has 1 aliphatic rings. The second-order valence-corrected chi connectivity index (χ2v) is 6.03. The van der Waals surface area contributed by atoms with E-state index >= 15 is 0 Å². The minimum absolute atomic E-state index is 0.155. The maximum atomic E-state index is 9.18. The molecule has 4 nitrogen and oxygen atoms in total. The topological polar surface area (TPSA) is 44.7 Å². The molecular weight excluding hydrogens is 276 g/mol. The van der Waals surface area contributed by atoms with Gasteiger partial charge in [-0.05, 0) is 37.5 Å². The molecule has 1 saturated carbocycles. The number of methoxy groups -OCH3 is 1. The van der Waals surface area contributed by atoms with Crippen molar-refractivity contribution in [3.8, 4) is 5.75 Å². The second-order valence-electron chi connectivity index (χ2n) is 6.03. The highest BCUT2D eigenvalue weighted by atomic mass is 16.5. The maximum Gasteiger partial charge on any atom is 0.142 e. The van der Waals surface area contributed by atoms with Gasteiger partial charge in [0.15, 0.2) is 0 Å². The molecule has 0 aromatic heterocycles. The Bertz CT molecular complexity index is 445. The summed E-state index contributed by atoms with van der Waals surface area (Å²) in [5, 5.41) is 12.9. The van der Waals surface area contributed by atoms with E-state index in [4.69, 9.17) is 4.74 Å². The molecule has 0 amide bonds. The molecule has 1 aromatic carbocycles. The zero-order valence-electron chi connectivity index (χ0n) is 14.0. The van der Waals surface area contributed by atoms with Gasteiger partial charge in [0, 0.05) is 25.7 Å². The number of likely N-dealkylation sites (N-methyl/N-ethyl adjacent to an activating group) is 1. The number of hydrogen-bond acceptors (Lipinski definition) is 4. The molecule has 124 valence electrons. The summed E-state index contributed by atoms with van der Waals surface area (Å²) in [6.07, 6.45) is 6.70. The molecule has 2 rings (SSSR count). The zero-order valence-corrected chi connectivity index (χ0v) is 14.0. The third-order valence-electron chi connectivity index (χ3n) is 4.54. The van der Waals surface area contributed by atoms with Crippen LogP contribution in [-0.2, 0) is 6.54 Å². The summed E-state index contributed by atoms with van der Waals surface area (Å²) in [6.45, 7) is 4.63. The molecule has 0 saturated heterocycles. The Hall–Kier alpha value is -1.26. The second kappa shape index (κ2) is 9.01. The third-order valence-corrected chi connectivity index (χ3v) is 4.54. The number of anilines is 1. The van der Waals surface area contributed by atoms with Crippen LogP contribution in [0, 0.1) is 0 Å². The number of aliphatic hydroxyl groups is 1. The summed E-state index contributed by atoms with van der Waals surface area (Å²) in [4.78, 5) is 2.14. The molecular formula is C18H30N2O2. The van der Waals surface area contributed by atoms with Gasteiger partial charge >= 0.3 is 0 Å². The highest BCUT2D eigenvalue weighted by Gasteiger charge is 2.14. The lowest BCUT2D eigenvalue weighted by Crippen LogP contribution is -2.30. The van der Waals surface area contributed by atoms with Crippen LogP contribution in [0.4, 0.5) is 5.69 Å². The molecule has 0 unspecified atom stereocenters. The predicted octanol–water partition coefficient (Wildman–Crippen LogP) is 2.94. The van der Waals surface area contributed by atoms with Crippen LogP contribution in [0.3, 0.4) is 0 Å². The van der Waals surface area contributed by atoms with Gasteiger partial charge in [-0.3, -0.25) is 0 Å². The molecule has 0 radical (unpaired) electrons. The lowest BCUT2D eigenvalue weighted by atomic mass is 9.95. The minimum Gasteiger partial charge on any atom is -0.495 e. The first-order valence-electron chi connectivity index (χ1n) is 8.54. The lowest BCUT2D eigenvalue weighted by Gasteiger charge is -2.25. The van der Waals surface area contributed by atoms with Crippen LogP contribution in [-0.4, -0.2) is 38.0 Å². The van der Waals surface area contributed by atoms with Gasteiger partial charge in [0.25, 0.3) is 0 Å².